The molecule has 10 heteroatoms. The van der Waals surface area contributed by atoms with E-state index in [-0.39, 0.29) is 17.0 Å². The number of carbonyl (C=O) groups excluding carboxylic acids is 2. The smallest absolute Gasteiger partial charge is 0.416 e. The number of esters is 1. The first-order valence-corrected chi connectivity index (χ1v) is 9.50. The number of morpholine rings is 1. The van der Waals surface area contributed by atoms with Crippen molar-refractivity contribution in [1.82, 2.24) is 0 Å². The van der Waals surface area contributed by atoms with E-state index in [1.54, 1.807) is 4.90 Å². The van der Waals surface area contributed by atoms with Crippen molar-refractivity contribution in [1.29, 1.82) is 0 Å². The third-order valence-electron chi connectivity index (χ3n) is 4.71. The number of carbonyl (C=O) groups is 2. The molecule has 0 spiro atoms. The molecule has 166 valence electrons. The Morgan fingerprint density at radius 1 is 1.16 bits per heavy atom. The molecular weight excluding hydrogens is 417 g/mol. The number of hydrogen-bond acceptors (Lipinski definition) is 6. The SMILES string of the molecule is CC(OC(=O)c1ccccc1O)C(=O)Nc1cc(C(F)(F)F)ccc1N1CCOCC1. The summed E-state index contributed by atoms with van der Waals surface area (Å²) in [7, 11) is 0. The number of aromatic hydroxyl groups is 1. The third kappa shape index (κ3) is 5.46. The van der Waals surface area contributed by atoms with Gasteiger partial charge in [0, 0.05) is 13.1 Å². The summed E-state index contributed by atoms with van der Waals surface area (Å²) in [5, 5.41) is 12.2. The first-order chi connectivity index (χ1) is 14.7. The maximum absolute atomic E-state index is 13.2. The Morgan fingerprint density at radius 2 is 1.84 bits per heavy atom. The summed E-state index contributed by atoms with van der Waals surface area (Å²) in [6.45, 7) is 3.00. The molecule has 3 rings (SSSR count). The average molecular weight is 438 g/mol. The number of anilines is 2. The normalized spacial score (nSPS) is 15.3. The van der Waals surface area contributed by atoms with Crippen LogP contribution >= 0.6 is 0 Å². The molecule has 1 saturated heterocycles. The largest absolute Gasteiger partial charge is 0.507 e. The summed E-state index contributed by atoms with van der Waals surface area (Å²) in [5.41, 5.74) is -0.690. The van der Waals surface area contributed by atoms with Gasteiger partial charge >= 0.3 is 12.1 Å². The van der Waals surface area contributed by atoms with Crippen molar-refractivity contribution in [3.8, 4) is 5.75 Å². The summed E-state index contributed by atoms with van der Waals surface area (Å²) < 4.78 is 49.9. The van der Waals surface area contributed by atoms with E-state index in [1.807, 2.05) is 0 Å². The van der Waals surface area contributed by atoms with Crippen molar-refractivity contribution in [2.45, 2.75) is 19.2 Å². The van der Waals surface area contributed by atoms with Crippen LogP contribution < -0.4 is 10.2 Å². The van der Waals surface area contributed by atoms with Gasteiger partial charge in [0.15, 0.2) is 6.10 Å². The van der Waals surface area contributed by atoms with Crippen LogP contribution in [0.3, 0.4) is 0 Å². The lowest BCUT2D eigenvalue weighted by molar-refractivity contribution is -0.137. The number of nitrogens with one attached hydrogen (secondary N) is 1. The fraction of sp³-hybridized carbons (Fsp3) is 0.333. The molecule has 0 aromatic heterocycles. The molecule has 31 heavy (non-hydrogen) atoms. The molecule has 2 N–H and O–H groups in total. The van der Waals surface area contributed by atoms with Crippen LogP contribution in [0.1, 0.15) is 22.8 Å². The van der Waals surface area contributed by atoms with Gasteiger partial charge in [-0.15, -0.1) is 0 Å². The summed E-state index contributed by atoms with van der Waals surface area (Å²) in [6, 6.07) is 8.73. The lowest BCUT2D eigenvalue weighted by atomic mass is 10.1. The lowest BCUT2D eigenvalue weighted by Crippen LogP contribution is -2.37. The van der Waals surface area contributed by atoms with Crippen LogP contribution in [-0.4, -0.2) is 49.4 Å². The molecule has 0 saturated carbocycles. The fourth-order valence-corrected chi connectivity index (χ4v) is 3.05. The van der Waals surface area contributed by atoms with Crippen LogP contribution in [0.2, 0.25) is 0 Å². The number of ether oxygens (including phenoxy) is 2. The minimum absolute atomic E-state index is 0.0489. The zero-order valence-electron chi connectivity index (χ0n) is 16.6. The molecule has 1 atom stereocenters. The topological polar surface area (TPSA) is 88.1 Å². The van der Waals surface area contributed by atoms with Gasteiger partial charge in [0.2, 0.25) is 0 Å². The van der Waals surface area contributed by atoms with Crippen molar-refractivity contribution in [2.24, 2.45) is 0 Å². The number of halogens is 3. The number of benzene rings is 2. The van der Waals surface area contributed by atoms with E-state index in [2.05, 4.69) is 5.32 Å². The average Bonchev–Trinajstić information content (AvgIpc) is 2.73. The second kappa shape index (κ2) is 9.25. The highest BCUT2D eigenvalue weighted by Crippen LogP contribution is 2.36. The number of alkyl halides is 3. The summed E-state index contributed by atoms with van der Waals surface area (Å²) in [4.78, 5) is 26.6. The Bertz CT molecular complexity index is 958. The molecule has 1 fully saturated rings. The zero-order valence-corrected chi connectivity index (χ0v) is 16.6. The molecule has 7 nitrogen and oxygen atoms in total. The van der Waals surface area contributed by atoms with Gasteiger partial charge in [0.1, 0.15) is 11.3 Å². The predicted octanol–water partition coefficient (Wildman–Crippen LogP) is 3.43. The van der Waals surface area contributed by atoms with E-state index < -0.39 is 29.7 Å². The maximum Gasteiger partial charge on any atom is 0.416 e. The van der Waals surface area contributed by atoms with E-state index in [9.17, 15) is 27.9 Å². The number of nitrogens with zero attached hydrogens (tertiary/aromatic N) is 1. The Balaban J connectivity index is 1.79. The Kier molecular flexibility index (Phi) is 6.69. The number of hydrogen-bond donors (Lipinski definition) is 2. The van der Waals surface area contributed by atoms with Crippen LogP contribution in [-0.2, 0) is 20.4 Å². The van der Waals surface area contributed by atoms with E-state index in [0.29, 0.717) is 32.0 Å². The van der Waals surface area contributed by atoms with Crippen LogP contribution in [0.5, 0.6) is 5.75 Å². The number of phenolic OH excluding ortho intramolecular Hbond substituents is 1. The molecule has 2 aromatic carbocycles. The van der Waals surface area contributed by atoms with Gasteiger partial charge < -0.3 is 24.8 Å². The quantitative estimate of drug-likeness (QED) is 0.696. The van der Waals surface area contributed by atoms with E-state index in [1.165, 1.54) is 37.3 Å². The van der Waals surface area contributed by atoms with Gasteiger partial charge in [-0.25, -0.2) is 4.79 Å². The Hall–Kier alpha value is -3.27. The molecule has 1 aliphatic heterocycles. The molecule has 1 aliphatic rings. The van der Waals surface area contributed by atoms with Crippen LogP contribution in [0.4, 0.5) is 24.5 Å². The van der Waals surface area contributed by atoms with Gasteiger partial charge in [0.25, 0.3) is 5.91 Å². The minimum Gasteiger partial charge on any atom is -0.507 e. The van der Waals surface area contributed by atoms with Crippen LogP contribution in [0.25, 0.3) is 0 Å². The van der Waals surface area contributed by atoms with Gasteiger partial charge in [0.05, 0.1) is 30.2 Å². The van der Waals surface area contributed by atoms with Crippen molar-refractivity contribution >= 4 is 23.3 Å². The molecule has 0 aliphatic carbocycles. The highest BCUT2D eigenvalue weighted by molar-refractivity contribution is 6.00. The van der Waals surface area contributed by atoms with Crippen molar-refractivity contribution in [3.05, 3.63) is 53.6 Å². The second-order valence-corrected chi connectivity index (χ2v) is 6.88. The van der Waals surface area contributed by atoms with Crippen molar-refractivity contribution in [2.75, 3.05) is 36.5 Å². The van der Waals surface area contributed by atoms with Crippen molar-refractivity contribution in [3.63, 3.8) is 0 Å². The molecule has 1 unspecified atom stereocenters. The number of amides is 1. The summed E-state index contributed by atoms with van der Waals surface area (Å²) in [5.74, 6) is -2.05. The van der Waals surface area contributed by atoms with E-state index >= 15 is 0 Å². The highest BCUT2D eigenvalue weighted by Gasteiger charge is 2.32. The van der Waals surface area contributed by atoms with E-state index in [0.717, 1.165) is 12.1 Å². The van der Waals surface area contributed by atoms with E-state index in [4.69, 9.17) is 9.47 Å². The third-order valence-corrected chi connectivity index (χ3v) is 4.71. The summed E-state index contributed by atoms with van der Waals surface area (Å²) in [6.07, 6.45) is -5.91. The fourth-order valence-electron chi connectivity index (χ4n) is 3.05. The van der Waals surface area contributed by atoms with Gasteiger partial charge in [-0.2, -0.15) is 13.2 Å². The molecule has 2 aromatic rings. The first-order valence-electron chi connectivity index (χ1n) is 9.50. The predicted molar refractivity (Wildman–Crippen MR) is 106 cm³/mol. The second-order valence-electron chi connectivity index (χ2n) is 6.88. The van der Waals surface area contributed by atoms with Gasteiger partial charge in [-0.3, -0.25) is 4.79 Å². The number of para-hydroxylation sites is 1. The lowest BCUT2D eigenvalue weighted by Gasteiger charge is -2.31. The molecule has 0 bridgehead atoms. The number of rotatable bonds is 5. The molecule has 1 heterocycles. The Labute approximate surface area is 176 Å². The van der Waals surface area contributed by atoms with Gasteiger partial charge in [-0.1, -0.05) is 12.1 Å². The molecule has 1 amide bonds. The van der Waals surface area contributed by atoms with Crippen molar-refractivity contribution < 1.29 is 37.3 Å². The van der Waals surface area contributed by atoms with Crippen LogP contribution in [0.15, 0.2) is 42.5 Å². The first kappa shape index (κ1) is 22.4. The molecule has 0 radical (unpaired) electrons. The monoisotopic (exact) mass is 438 g/mol. The highest BCUT2D eigenvalue weighted by atomic mass is 19.4. The summed E-state index contributed by atoms with van der Waals surface area (Å²) >= 11 is 0. The zero-order chi connectivity index (χ0) is 22.6. The Morgan fingerprint density at radius 3 is 2.48 bits per heavy atom. The van der Waals surface area contributed by atoms with Gasteiger partial charge in [-0.05, 0) is 37.3 Å². The number of phenols is 1. The van der Waals surface area contributed by atoms with Crippen LogP contribution in [0, 0.1) is 0 Å². The maximum atomic E-state index is 13.2. The molecular formula is C21H21F3N2O5. The minimum atomic E-state index is -4.59. The standard InChI is InChI=1S/C21H21F3N2O5/c1-13(31-20(29)15-4-2-3-5-18(15)27)19(28)25-16-12-14(21(22,23)24)6-7-17(16)26-8-10-30-11-9-26/h2-7,12-13,27H,8-11H2,1H3,(H,25,28).